The van der Waals surface area contributed by atoms with Crippen LogP contribution >= 0.6 is 0 Å². The zero-order valence-electron chi connectivity index (χ0n) is 15.1. The summed E-state index contributed by atoms with van der Waals surface area (Å²) in [5, 5.41) is 0. The molecule has 0 atom stereocenters. The fourth-order valence-corrected chi connectivity index (χ4v) is 3.13. The number of benzene rings is 1. The lowest BCUT2D eigenvalue weighted by atomic mass is 9.88. The van der Waals surface area contributed by atoms with Gasteiger partial charge in [-0.05, 0) is 25.5 Å². The second-order valence-corrected chi connectivity index (χ2v) is 7.61. The normalized spacial score (nSPS) is 12.1. The van der Waals surface area contributed by atoms with Gasteiger partial charge in [0, 0.05) is 5.41 Å². The smallest absolute Gasteiger partial charge is 0.296 e. The van der Waals surface area contributed by atoms with Crippen LogP contribution in [-0.2, 0) is 23.8 Å². The third-order valence-electron chi connectivity index (χ3n) is 3.87. The summed E-state index contributed by atoms with van der Waals surface area (Å²) < 4.78 is 41.3. The summed E-state index contributed by atoms with van der Waals surface area (Å²) in [5.74, 6) is 0. The van der Waals surface area contributed by atoms with Gasteiger partial charge in [-0.3, -0.25) is 4.18 Å². The number of hydrogen-bond donors (Lipinski definition) is 0. The summed E-state index contributed by atoms with van der Waals surface area (Å²) in [6.07, 6.45) is 3.94. The Bertz CT molecular complexity index is 620. The van der Waals surface area contributed by atoms with Gasteiger partial charge in [-0.15, -0.1) is 13.2 Å². The maximum Gasteiger partial charge on any atom is 0.296 e. The van der Waals surface area contributed by atoms with E-state index in [-0.39, 0.29) is 11.5 Å². The van der Waals surface area contributed by atoms with Gasteiger partial charge >= 0.3 is 0 Å². The van der Waals surface area contributed by atoms with Gasteiger partial charge < -0.3 is 9.47 Å². The van der Waals surface area contributed by atoms with Crippen LogP contribution in [0.3, 0.4) is 0 Å². The molecule has 0 radical (unpaired) electrons. The van der Waals surface area contributed by atoms with E-state index in [9.17, 15) is 8.42 Å². The third kappa shape index (κ3) is 7.12. The monoisotopic (exact) mass is 368 g/mol. The topological polar surface area (TPSA) is 61.8 Å². The SMILES string of the molecule is C=CCOCC(CC)(COCC=C)COS(=O)(=O)c1ccc(C)cc1. The summed E-state index contributed by atoms with van der Waals surface area (Å²) >= 11 is 0. The molecule has 0 amide bonds. The maximum atomic E-state index is 12.4. The van der Waals surface area contributed by atoms with Crippen LogP contribution in [-0.4, -0.2) is 41.5 Å². The van der Waals surface area contributed by atoms with Gasteiger partial charge in [0.1, 0.15) is 0 Å². The molecular formula is C19H28O5S. The first kappa shape index (κ1) is 21.6. The van der Waals surface area contributed by atoms with E-state index in [0.29, 0.717) is 32.8 Å². The maximum absolute atomic E-state index is 12.4. The van der Waals surface area contributed by atoms with Gasteiger partial charge in [0.05, 0.1) is 37.9 Å². The lowest BCUT2D eigenvalue weighted by Crippen LogP contribution is -2.37. The standard InChI is InChI=1S/C19H28O5S/c1-5-12-22-14-19(7-3,15-23-13-6-2)16-24-25(20,21)18-10-8-17(4)9-11-18/h5-6,8-11H,1-2,7,12-16H2,3-4H3. The largest absolute Gasteiger partial charge is 0.377 e. The average Bonchev–Trinajstić information content (AvgIpc) is 2.60. The highest BCUT2D eigenvalue weighted by molar-refractivity contribution is 7.86. The Morgan fingerprint density at radius 2 is 1.52 bits per heavy atom. The third-order valence-corrected chi connectivity index (χ3v) is 5.15. The van der Waals surface area contributed by atoms with Gasteiger partial charge in [-0.2, -0.15) is 8.42 Å². The van der Waals surface area contributed by atoms with Gasteiger partial charge in [-0.1, -0.05) is 36.8 Å². The average molecular weight is 368 g/mol. The van der Waals surface area contributed by atoms with E-state index in [1.807, 2.05) is 13.8 Å². The Morgan fingerprint density at radius 3 is 1.96 bits per heavy atom. The van der Waals surface area contributed by atoms with Crippen molar-refractivity contribution < 1.29 is 22.1 Å². The molecule has 0 spiro atoms. The summed E-state index contributed by atoms with van der Waals surface area (Å²) in [7, 11) is -3.83. The summed E-state index contributed by atoms with van der Waals surface area (Å²) in [5.41, 5.74) is 0.418. The van der Waals surface area contributed by atoms with Crippen molar-refractivity contribution in [2.45, 2.75) is 25.2 Å². The number of ether oxygens (including phenoxy) is 2. The minimum absolute atomic E-state index is 0.0198. The molecular weight excluding hydrogens is 340 g/mol. The van der Waals surface area contributed by atoms with E-state index >= 15 is 0 Å². The lowest BCUT2D eigenvalue weighted by molar-refractivity contribution is -0.0353. The molecule has 5 nitrogen and oxygen atoms in total. The molecule has 0 N–H and O–H groups in total. The highest BCUT2D eigenvalue weighted by atomic mass is 32.2. The van der Waals surface area contributed by atoms with Crippen LogP contribution in [0.5, 0.6) is 0 Å². The Morgan fingerprint density at radius 1 is 1.00 bits per heavy atom. The van der Waals surface area contributed by atoms with E-state index in [2.05, 4.69) is 13.2 Å². The van der Waals surface area contributed by atoms with Crippen LogP contribution in [0.15, 0.2) is 54.5 Å². The quantitative estimate of drug-likeness (QED) is 0.303. The molecule has 0 heterocycles. The van der Waals surface area contributed by atoms with Gasteiger partial charge in [-0.25, -0.2) is 0 Å². The van der Waals surface area contributed by atoms with Crippen molar-refractivity contribution >= 4 is 10.1 Å². The fraction of sp³-hybridized carbons (Fsp3) is 0.474. The first-order valence-electron chi connectivity index (χ1n) is 8.22. The van der Waals surface area contributed by atoms with E-state index in [0.717, 1.165) is 5.56 Å². The molecule has 0 saturated heterocycles. The van der Waals surface area contributed by atoms with E-state index in [4.69, 9.17) is 13.7 Å². The first-order chi connectivity index (χ1) is 11.9. The van der Waals surface area contributed by atoms with E-state index in [1.54, 1.807) is 36.4 Å². The number of aryl methyl sites for hydroxylation is 1. The van der Waals surface area contributed by atoms with E-state index < -0.39 is 15.5 Å². The molecule has 0 fully saturated rings. The van der Waals surface area contributed by atoms with Crippen molar-refractivity contribution in [3.63, 3.8) is 0 Å². The molecule has 1 rings (SSSR count). The molecule has 0 aliphatic heterocycles. The van der Waals surface area contributed by atoms with Crippen LogP contribution < -0.4 is 0 Å². The van der Waals surface area contributed by atoms with Crippen LogP contribution in [0.25, 0.3) is 0 Å². The molecule has 1 aromatic rings. The summed E-state index contributed by atoms with van der Waals surface area (Å²) in [6.45, 7) is 12.5. The fourth-order valence-electron chi connectivity index (χ4n) is 2.12. The lowest BCUT2D eigenvalue weighted by Gasteiger charge is -2.31. The molecule has 0 aliphatic carbocycles. The van der Waals surface area contributed by atoms with Gasteiger partial charge in [0.2, 0.25) is 0 Å². The van der Waals surface area contributed by atoms with Crippen molar-refractivity contribution in [2.24, 2.45) is 5.41 Å². The van der Waals surface area contributed by atoms with Crippen molar-refractivity contribution in [3.8, 4) is 0 Å². The predicted octanol–water partition coefficient (Wildman–Crippen LogP) is 3.50. The number of rotatable bonds is 13. The van der Waals surface area contributed by atoms with Crippen LogP contribution in [0.4, 0.5) is 0 Å². The molecule has 25 heavy (non-hydrogen) atoms. The molecule has 0 aliphatic rings. The molecule has 0 aromatic heterocycles. The van der Waals surface area contributed by atoms with Crippen molar-refractivity contribution in [1.82, 2.24) is 0 Å². The Balaban J connectivity index is 2.85. The van der Waals surface area contributed by atoms with Crippen LogP contribution in [0.1, 0.15) is 18.9 Å². The highest BCUT2D eigenvalue weighted by Crippen LogP contribution is 2.26. The second kappa shape index (κ2) is 10.5. The molecule has 0 saturated carbocycles. The Kier molecular flexibility index (Phi) is 9.06. The molecule has 1 aromatic carbocycles. The summed E-state index contributed by atoms with van der Waals surface area (Å²) in [4.78, 5) is 0.141. The van der Waals surface area contributed by atoms with E-state index in [1.165, 1.54) is 0 Å². The minimum atomic E-state index is -3.83. The molecule has 6 heteroatoms. The Hall–Kier alpha value is -1.47. The van der Waals surface area contributed by atoms with Crippen LogP contribution in [0, 0.1) is 12.3 Å². The zero-order chi connectivity index (χ0) is 18.8. The van der Waals surface area contributed by atoms with Crippen molar-refractivity contribution in [3.05, 3.63) is 55.1 Å². The highest BCUT2D eigenvalue weighted by Gasteiger charge is 2.32. The van der Waals surface area contributed by atoms with Crippen molar-refractivity contribution in [1.29, 1.82) is 0 Å². The molecule has 0 bridgehead atoms. The molecule has 140 valence electrons. The zero-order valence-corrected chi connectivity index (χ0v) is 15.9. The predicted molar refractivity (Wildman–Crippen MR) is 99.1 cm³/mol. The molecule has 0 unspecified atom stereocenters. The number of hydrogen-bond acceptors (Lipinski definition) is 5. The summed E-state index contributed by atoms with van der Waals surface area (Å²) in [6, 6.07) is 6.56. The van der Waals surface area contributed by atoms with Gasteiger partial charge in [0.25, 0.3) is 10.1 Å². The second-order valence-electron chi connectivity index (χ2n) is 5.99. The van der Waals surface area contributed by atoms with Crippen LogP contribution in [0.2, 0.25) is 0 Å². The first-order valence-corrected chi connectivity index (χ1v) is 9.63. The Labute approximate surface area is 151 Å². The van der Waals surface area contributed by atoms with Gasteiger partial charge in [0.15, 0.2) is 0 Å². The minimum Gasteiger partial charge on any atom is -0.377 e. The van der Waals surface area contributed by atoms with Crippen molar-refractivity contribution in [2.75, 3.05) is 33.0 Å².